The molecule has 6 nitrogen and oxygen atoms in total. The average Bonchev–Trinajstić information content (AvgIpc) is 3.52. The summed E-state index contributed by atoms with van der Waals surface area (Å²) in [6.07, 6.45) is 1.64. The Morgan fingerprint density at radius 3 is 2.59 bits per heavy atom. The zero-order chi connectivity index (χ0) is 22.8. The van der Waals surface area contributed by atoms with Gasteiger partial charge < -0.3 is 14.5 Å². The summed E-state index contributed by atoms with van der Waals surface area (Å²) in [6.45, 7) is 8.70. The van der Waals surface area contributed by atoms with Gasteiger partial charge in [0.25, 0.3) is 5.91 Å². The Balaban J connectivity index is 1.80. The molecular weight excluding hydrogens is 422 g/mol. The van der Waals surface area contributed by atoms with Gasteiger partial charge >= 0.3 is 0 Å². The van der Waals surface area contributed by atoms with Crippen molar-refractivity contribution in [3.63, 3.8) is 0 Å². The van der Waals surface area contributed by atoms with Crippen molar-refractivity contribution < 1.29 is 13.9 Å². The van der Waals surface area contributed by atoms with Crippen LogP contribution < -0.4 is 10.1 Å². The van der Waals surface area contributed by atoms with Crippen molar-refractivity contribution in [3.8, 4) is 33.6 Å². The number of ether oxygens (including phenoxy) is 1. The Hall–Kier alpha value is -3.32. The van der Waals surface area contributed by atoms with Crippen LogP contribution in [0.3, 0.4) is 0 Å². The molecular formula is C25H27N3O3S. The van der Waals surface area contributed by atoms with Crippen LogP contribution >= 0.6 is 11.3 Å². The lowest BCUT2D eigenvalue weighted by Crippen LogP contribution is -2.28. The smallest absolute Gasteiger partial charge is 0.253 e. The molecule has 0 radical (unpaired) electrons. The number of methoxy groups -OCH3 is 1. The third-order valence-electron chi connectivity index (χ3n) is 5.36. The van der Waals surface area contributed by atoms with Crippen LogP contribution in [0.1, 0.15) is 35.5 Å². The highest BCUT2D eigenvalue weighted by atomic mass is 32.1. The van der Waals surface area contributed by atoms with E-state index in [4.69, 9.17) is 14.1 Å². The van der Waals surface area contributed by atoms with Crippen LogP contribution in [-0.2, 0) is 0 Å². The quantitative estimate of drug-likeness (QED) is 0.383. The topological polar surface area (TPSA) is 69.3 Å². The minimum Gasteiger partial charge on any atom is -0.497 e. The lowest BCUT2D eigenvalue weighted by atomic mass is 10.1. The van der Waals surface area contributed by atoms with Gasteiger partial charge in [-0.2, -0.15) is 0 Å². The van der Waals surface area contributed by atoms with Crippen molar-refractivity contribution in [1.29, 1.82) is 0 Å². The normalized spacial score (nSPS) is 11.2. The van der Waals surface area contributed by atoms with Crippen molar-refractivity contribution >= 4 is 17.2 Å². The monoisotopic (exact) mass is 449 g/mol. The maximum absolute atomic E-state index is 13.1. The van der Waals surface area contributed by atoms with Crippen molar-refractivity contribution in [2.45, 2.75) is 27.7 Å². The van der Waals surface area contributed by atoms with E-state index in [1.165, 1.54) is 0 Å². The molecule has 7 heteroatoms. The van der Waals surface area contributed by atoms with E-state index in [2.05, 4.69) is 19.2 Å². The molecule has 0 atom stereocenters. The number of nitrogens with zero attached hydrogens (tertiary/aromatic N) is 2. The number of furan rings is 1. The van der Waals surface area contributed by atoms with Gasteiger partial charge in [0.15, 0.2) is 0 Å². The largest absolute Gasteiger partial charge is 0.497 e. The third-order valence-corrected chi connectivity index (χ3v) is 6.25. The standard InChI is InChI=1S/C25H27N3O3S/c1-15(2)13-26-24(29)22-16(3)23(28(17(22)4)21-7-6-12-31-21)20-14-32-25(27-20)18-8-10-19(30-5)11-9-18/h6-12,14-15H,13H2,1-5H3,(H,26,29). The van der Waals surface area contributed by atoms with Gasteiger partial charge in [-0.3, -0.25) is 9.36 Å². The second-order valence-electron chi connectivity index (χ2n) is 8.09. The molecule has 0 aliphatic carbocycles. The van der Waals surface area contributed by atoms with Crippen molar-refractivity contribution in [1.82, 2.24) is 14.9 Å². The molecule has 0 aliphatic rings. The fourth-order valence-electron chi connectivity index (χ4n) is 3.78. The fraction of sp³-hybridized carbons (Fsp3) is 0.280. The van der Waals surface area contributed by atoms with E-state index in [-0.39, 0.29) is 5.91 Å². The molecule has 0 saturated carbocycles. The summed E-state index contributed by atoms with van der Waals surface area (Å²) in [5.41, 5.74) is 5.06. The maximum atomic E-state index is 13.1. The second kappa shape index (κ2) is 9.04. The molecule has 1 amide bonds. The van der Waals surface area contributed by atoms with Gasteiger partial charge in [0.1, 0.15) is 10.8 Å². The van der Waals surface area contributed by atoms with Gasteiger partial charge in [0.2, 0.25) is 5.88 Å². The number of carbonyl (C=O) groups excluding carboxylic acids is 1. The van der Waals surface area contributed by atoms with Crippen LogP contribution in [0.2, 0.25) is 0 Å². The minimum absolute atomic E-state index is 0.0779. The summed E-state index contributed by atoms with van der Waals surface area (Å²) in [7, 11) is 1.65. The van der Waals surface area contributed by atoms with Crippen LogP contribution in [0.15, 0.2) is 52.5 Å². The predicted molar refractivity (Wildman–Crippen MR) is 128 cm³/mol. The number of hydrogen-bond donors (Lipinski definition) is 1. The minimum atomic E-state index is -0.0779. The molecule has 4 rings (SSSR count). The molecule has 3 aromatic heterocycles. The molecule has 32 heavy (non-hydrogen) atoms. The molecule has 0 unspecified atom stereocenters. The van der Waals surface area contributed by atoms with Crippen molar-refractivity contribution in [3.05, 3.63) is 64.9 Å². The van der Waals surface area contributed by atoms with Crippen LogP contribution in [0.5, 0.6) is 5.75 Å². The number of thiazole rings is 1. The van der Waals surface area contributed by atoms with Gasteiger partial charge in [-0.15, -0.1) is 11.3 Å². The Kier molecular flexibility index (Phi) is 6.19. The SMILES string of the molecule is COc1ccc(-c2nc(-c3c(C)c(C(=O)NCC(C)C)c(C)n3-c3ccco3)cs2)cc1. The Bertz CT molecular complexity index is 1220. The number of benzene rings is 1. The molecule has 0 aliphatic heterocycles. The summed E-state index contributed by atoms with van der Waals surface area (Å²) in [5.74, 6) is 1.76. The Labute approximate surface area is 191 Å². The van der Waals surface area contributed by atoms with Crippen molar-refractivity contribution in [2.75, 3.05) is 13.7 Å². The number of carbonyl (C=O) groups is 1. The first-order valence-corrected chi connectivity index (χ1v) is 11.4. The van der Waals surface area contributed by atoms with E-state index in [1.54, 1.807) is 24.7 Å². The number of hydrogen-bond acceptors (Lipinski definition) is 5. The number of nitrogens with one attached hydrogen (secondary N) is 1. The number of amides is 1. The average molecular weight is 450 g/mol. The molecule has 3 heterocycles. The first-order chi connectivity index (χ1) is 15.4. The lowest BCUT2D eigenvalue weighted by Gasteiger charge is -2.09. The van der Waals surface area contributed by atoms with Crippen molar-refractivity contribution in [2.24, 2.45) is 5.92 Å². The van der Waals surface area contributed by atoms with Gasteiger partial charge in [-0.25, -0.2) is 4.98 Å². The van der Waals surface area contributed by atoms with Crippen LogP contribution in [0, 0.1) is 19.8 Å². The van der Waals surface area contributed by atoms with E-state index in [1.807, 2.05) is 60.2 Å². The first kappa shape index (κ1) is 21.9. The molecule has 1 aromatic carbocycles. The first-order valence-electron chi connectivity index (χ1n) is 10.5. The van der Waals surface area contributed by atoms with Crippen LogP contribution in [0.4, 0.5) is 0 Å². The molecule has 0 saturated heterocycles. The Morgan fingerprint density at radius 1 is 1.22 bits per heavy atom. The van der Waals surface area contributed by atoms with Gasteiger partial charge in [0.05, 0.1) is 30.3 Å². The van der Waals surface area contributed by atoms with E-state index < -0.39 is 0 Å². The van der Waals surface area contributed by atoms with Crippen LogP contribution in [-0.4, -0.2) is 29.1 Å². The zero-order valence-electron chi connectivity index (χ0n) is 18.9. The molecule has 1 N–H and O–H groups in total. The summed E-state index contributed by atoms with van der Waals surface area (Å²) >= 11 is 1.57. The highest BCUT2D eigenvalue weighted by Crippen LogP contribution is 2.37. The predicted octanol–water partition coefficient (Wildman–Crippen LogP) is 5.87. The third kappa shape index (κ3) is 4.08. The summed E-state index contributed by atoms with van der Waals surface area (Å²) < 4.78 is 13.0. The van der Waals surface area contributed by atoms with Gasteiger partial charge in [-0.05, 0) is 55.7 Å². The lowest BCUT2D eigenvalue weighted by molar-refractivity contribution is 0.0948. The second-order valence-corrected chi connectivity index (χ2v) is 8.95. The molecule has 166 valence electrons. The van der Waals surface area contributed by atoms with E-state index >= 15 is 0 Å². The highest BCUT2D eigenvalue weighted by molar-refractivity contribution is 7.13. The Morgan fingerprint density at radius 2 is 1.97 bits per heavy atom. The number of aromatic nitrogens is 2. The summed E-state index contributed by atoms with van der Waals surface area (Å²) in [4.78, 5) is 18.0. The van der Waals surface area contributed by atoms with E-state index in [0.717, 1.165) is 39.0 Å². The molecule has 4 aromatic rings. The highest BCUT2D eigenvalue weighted by Gasteiger charge is 2.26. The number of rotatable bonds is 7. The van der Waals surface area contributed by atoms with E-state index in [0.29, 0.717) is 23.9 Å². The van der Waals surface area contributed by atoms with Crippen LogP contribution in [0.25, 0.3) is 27.8 Å². The zero-order valence-corrected chi connectivity index (χ0v) is 19.7. The van der Waals surface area contributed by atoms with E-state index in [9.17, 15) is 4.79 Å². The maximum Gasteiger partial charge on any atom is 0.253 e. The summed E-state index contributed by atoms with van der Waals surface area (Å²) in [6, 6.07) is 11.6. The summed E-state index contributed by atoms with van der Waals surface area (Å²) in [5, 5.41) is 5.97. The molecule has 0 bridgehead atoms. The van der Waals surface area contributed by atoms with Gasteiger partial charge in [-0.1, -0.05) is 13.8 Å². The molecule has 0 spiro atoms. The fourth-order valence-corrected chi connectivity index (χ4v) is 4.60. The molecule has 0 fully saturated rings. The van der Waals surface area contributed by atoms with Gasteiger partial charge in [0, 0.05) is 29.2 Å².